The van der Waals surface area contributed by atoms with E-state index in [-0.39, 0.29) is 6.10 Å². The lowest BCUT2D eigenvalue weighted by atomic mass is 10.3. The van der Waals surface area contributed by atoms with Crippen LogP contribution in [0.25, 0.3) is 10.2 Å². The first-order chi connectivity index (χ1) is 10.6. The molecule has 22 heavy (non-hydrogen) atoms. The maximum absolute atomic E-state index is 5.49. The smallest absolute Gasteiger partial charge is 0.170 e. The molecule has 0 saturated carbocycles. The topological polar surface area (TPSA) is 46.2 Å². The molecule has 1 aromatic carbocycles. The summed E-state index contributed by atoms with van der Waals surface area (Å²) in [6.45, 7) is 7.76. The summed E-state index contributed by atoms with van der Waals surface area (Å²) in [6, 6.07) is 6.14. The van der Waals surface area contributed by atoms with Crippen molar-refractivity contribution in [1.29, 1.82) is 0 Å². The summed E-state index contributed by atoms with van der Waals surface area (Å²) in [4.78, 5) is 4.56. The van der Waals surface area contributed by atoms with Crippen molar-refractivity contribution >= 4 is 44.6 Å². The Morgan fingerprint density at radius 3 is 2.95 bits per heavy atom. The second-order valence-electron chi connectivity index (χ2n) is 5.30. The van der Waals surface area contributed by atoms with Gasteiger partial charge in [0.15, 0.2) is 5.11 Å². The SMILES string of the molecule is CCc1nc2ccc(NC(=S)NCCCOC(C)C)cc2s1. The molecule has 1 aromatic heterocycles. The van der Waals surface area contributed by atoms with Crippen molar-refractivity contribution in [2.45, 2.75) is 39.7 Å². The van der Waals surface area contributed by atoms with E-state index in [4.69, 9.17) is 17.0 Å². The first-order valence-electron chi connectivity index (χ1n) is 7.64. The third-order valence-electron chi connectivity index (χ3n) is 3.05. The minimum absolute atomic E-state index is 0.282. The lowest BCUT2D eigenvalue weighted by Crippen LogP contribution is -2.29. The number of thiazole rings is 1. The molecule has 0 radical (unpaired) electrons. The van der Waals surface area contributed by atoms with Gasteiger partial charge in [-0.05, 0) is 57.1 Å². The summed E-state index contributed by atoms with van der Waals surface area (Å²) in [5.74, 6) is 0. The fraction of sp³-hybridized carbons (Fsp3) is 0.500. The lowest BCUT2D eigenvalue weighted by molar-refractivity contribution is 0.0777. The van der Waals surface area contributed by atoms with Crippen LogP contribution < -0.4 is 10.6 Å². The second-order valence-corrected chi connectivity index (χ2v) is 6.82. The summed E-state index contributed by atoms with van der Waals surface area (Å²) in [5, 5.41) is 8.22. The van der Waals surface area contributed by atoms with Crippen LogP contribution in [-0.4, -0.2) is 29.4 Å². The predicted molar refractivity (Wildman–Crippen MR) is 98.9 cm³/mol. The van der Waals surface area contributed by atoms with Gasteiger partial charge >= 0.3 is 0 Å². The average molecular weight is 338 g/mol. The average Bonchev–Trinajstić information content (AvgIpc) is 2.88. The van der Waals surface area contributed by atoms with Crippen molar-refractivity contribution in [3.8, 4) is 0 Å². The van der Waals surface area contributed by atoms with Gasteiger partial charge in [-0.3, -0.25) is 0 Å². The maximum Gasteiger partial charge on any atom is 0.170 e. The van der Waals surface area contributed by atoms with Gasteiger partial charge in [-0.1, -0.05) is 6.92 Å². The number of hydrogen-bond acceptors (Lipinski definition) is 4. The van der Waals surface area contributed by atoms with Crippen LogP contribution in [0.5, 0.6) is 0 Å². The Bertz CT molecular complexity index is 625. The number of fused-ring (bicyclic) bond motifs is 1. The van der Waals surface area contributed by atoms with Crippen molar-refractivity contribution in [1.82, 2.24) is 10.3 Å². The molecular weight excluding hydrogens is 314 g/mol. The first-order valence-corrected chi connectivity index (χ1v) is 8.87. The predicted octanol–water partition coefficient (Wildman–Crippen LogP) is 3.96. The monoisotopic (exact) mass is 337 g/mol. The van der Waals surface area contributed by atoms with Crippen LogP contribution in [0.15, 0.2) is 18.2 Å². The molecular formula is C16H23N3OS2. The number of nitrogens with one attached hydrogen (secondary N) is 2. The Morgan fingerprint density at radius 1 is 1.41 bits per heavy atom. The molecule has 120 valence electrons. The van der Waals surface area contributed by atoms with Gasteiger partial charge < -0.3 is 15.4 Å². The van der Waals surface area contributed by atoms with E-state index < -0.39 is 0 Å². The zero-order chi connectivity index (χ0) is 15.9. The number of ether oxygens (including phenoxy) is 1. The lowest BCUT2D eigenvalue weighted by Gasteiger charge is -2.11. The van der Waals surface area contributed by atoms with Gasteiger partial charge in [-0.2, -0.15) is 0 Å². The maximum atomic E-state index is 5.49. The number of aryl methyl sites for hydroxylation is 1. The minimum atomic E-state index is 0.282. The van der Waals surface area contributed by atoms with E-state index in [9.17, 15) is 0 Å². The molecule has 2 rings (SSSR count). The van der Waals surface area contributed by atoms with Gasteiger partial charge in [-0.25, -0.2) is 4.98 Å². The van der Waals surface area contributed by atoms with Gasteiger partial charge in [0.2, 0.25) is 0 Å². The van der Waals surface area contributed by atoms with Crippen LogP contribution in [0, 0.1) is 0 Å². The third-order valence-corrected chi connectivity index (χ3v) is 4.46. The molecule has 4 nitrogen and oxygen atoms in total. The highest BCUT2D eigenvalue weighted by molar-refractivity contribution is 7.80. The van der Waals surface area contributed by atoms with Crippen LogP contribution in [-0.2, 0) is 11.2 Å². The van der Waals surface area contributed by atoms with Crippen LogP contribution in [0.3, 0.4) is 0 Å². The highest BCUT2D eigenvalue weighted by Crippen LogP contribution is 2.25. The summed E-state index contributed by atoms with van der Waals surface area (Å²) >= 11 is 7.05. The standard InChI is InChI=1S/C16H23N3OS2/c1-4-15-19-13-7-6-12(10-14(13)22-15)18-16(21)17-8-5-9-20-11(2)3/h6-7,10-11H,4-5,8-9H2,1-3H3,(H2,17,18,21). The molecule has 6 heteroatoms. The number of aromatic nitrogens is 1. The minimum Gasteiger partial charge on any atom is -0.379 e. The quantitative estimate of drug-likeness (QED) is 0.591. The summed E-state index contributed by atoms with van der Waals surface area (Å²) in [5.41, 5.74) is 2.05. The zero-order valence-electron chi connectivity index (χ0n) is 13.3. The highest BCUT2D eigenvalue weighted by Gasteiger charge is 2.04. The number of anilines is 1. The van der Waals surface area contributed by atoms with Crippen LogP contribution in [0.2, 0.25) is 0 Å². The Labute approximate surface area is 141 Å². The van der Waals surface area contributed by atoms with E-state index in [1.807, 2.05) is 26.0 Å². The number of rotatable bonds is 7. The molecule has 0 aliphatic rings. The highest BCUT2D eigenvalue weighted by atomic mass is 32.1. The molecule has 0 atom stereocenters. The van der Waals surface area contributed by atoms with Crippen LogP contribution >= 0.6 is 23.6 Å². The van der Waals surface area contributed by atoms with Gasteiger partial charge in [0, 0.05) is 18.8 Å². The molecule has 2 N–H and O–H groups in total. The Hall–Kier alpha value is -1.24. The molecule has 0 aliphatic carbocycles. The molecule has 1 heterocycles. The summed E-state index contributed by atoms with van der Waals surface area (Å²) in [6.07, 6.45) is 2.19. The molecule has 0 bridgehead atoms. The van der Waals surface area contributed by atoms with E-state index in [1.165, 1.54) is 4.70 Å². The second kappa shape index (κ2) is 8.41. The van der Waals surface area contributed by atoms with Gasteiger partial charge in [0.1, 0.15) is 0 Å². The van der Waals surface area contributed by atoms with E-state index in [1.54, 1.807) is 11.3 Å². The van der Waals surface area contributed by atoms with Gasteiger partial charge in [0.25, 0.3) is 0 Å². The zero-order valence-corrected chi connectivity index (χ0v) is 14.9. The molecule has 0 amide bonds. The molecule has 0 fully saturated rings. The molecule has 0 unspecified atom stereocenters. The molecule has 2 aromatic rings. The van der Waals surface area contributed by atoms with Crippen molar-refractivity contribution in [2.24, 2.45) is 0 Å². The van der Waals surface area contributed by atoms with Crippen molar-refractivity contribution in [3.63, 3.8) is 0 Å². The fourth-order valence-electron chi connectivity index (χ4n) is 1.97. The van der Waals surface area contributed by atoms with Crippen molar-refractivity contribution in [3.05, 3.63) is 23.2 Å². The van der Waals surface area contributed by atoms with E-state index in [0.29, 0.717) is 5.11 Å². The Morgan fingerprint density at radius 2 is 2.23 bits per heavy atom. The van der Waals surface area contributed by atoms with Gasteiger partial charge in [0.05, 0.1) is 21.3 Å². The summed E-state index contributed by atoms with van der Waals surface area (Å²) in [7, 11) is 0. The third kappa shape index (κ3) is 5.19. The first kappa shape index (κ1) is 17.1. The number of benzene rings is 1. The number of hydrogen-bond donors (Lipinski definition) is 2. The Kier molecular flexibility index (Phi) is 6.54. The van der Waals surface area contributed by atoms with Crippen LogP contribution in [0.1, 0.15) is 32.2 Å². The largest absolute Gasteiger partial charge is 0.379 e. The molecule has 0 spiro atoms. The van der Waals surface area contributed by atoms with Crippen molar-refractivity contribution in [2.75, 3.05) is 18.5 Å². The van der Waals surface area contributed by atoms with Gasteiger partial charge in [-0.15, -0.1) is 11.3 Å². The van der Waals surface area contributed by atoms with Crippen LogP contribution in [0.4, 0.5) is 5.69 Å². The van der Waals surface area contributed by atoms with E-state index in [2.05, 4.69) is 28.6 Å². The molecule has 0 aliphatic heterocycles. The number of thiocarbonyl (C=S) groups is 1. The van der Waals surface area contributed by atoms with E-state index >= 15 is 0 Å². The van der Waals surface area contributed by atoms with Crippen molar-refractivity contribution < 1.29 is 4.74 Å². The molecule has 0 saturated heterocycles. The van der Waals surface area contributed by atoms with E-state index in [0.717, 1.165) is 42.2 Å². The Balaban J connectivity index is 1.81. The number of nitrogens with zero attached hydrogens (tertiary/aromatic N) is 1. The normalized spacial score (nSPS) is 11.1. The fourth-order valence-corrected chi connectivity index (χ4v) is 3.14. The summed E-state index contributed by atoms with van der Waals surface area (Å²) < 4.78 is 6.68.